The molecular weight excluding hydrogens is 468 g/mol. The van der Waals surface area contributed by atoms with Crippen molar-refractivity contribution in [2.45, 2.75) is 116 Å². The predicted molar refractivity (Wildman–Crippen MR) is 161 cm³/mol. The van der Waals surface area contributed by atoms with E-state index in [0.717, 1.165) is 29.7 Å². The molecule has 37 heavy (non-hydrogen) atoms. The normalized spacial score (nSPS) is 27.5. The van der Waals surface area contributed by atoms with Crippen molar-refractivity contribution in [3.8, 4) is 5.75 Å². The van der Waals surface area contributed by atoms with Crippen LogP contribution in [-0.2, 0) is 11.0 Å². The van der Waals surface area contributed by atoms with E-state index in [-0.39, 0.29) is 10.8 Å². The van der Waals surface area contributed by atoms with Gasteiger partial charge in [0.25, 0.3) is 8.32 Å². The fourth-order valence-corrected chi connectivity index (χ4v) is 13.6. The highest BCUT2D eigenvalue weighted by atomic mass is 28.4. The van der Waals surface area contributed by atoms with Gasteiger partial charge in [0.1, 0.15) is 11.4 Å². The minimum atomic E-state index is -2.08. The Morgan fingerprint density at radius 2 is 1.49 bits per heavy atom. The molecule has 0 saturated heterocycles. The van der Waals surface area contributed by atoms with Gasteiger partial charge in [-0.05, 0) is 87.5 Å². The molecule has 0 unspecified atom stereocenters. The number of hydrogen-bond donors (Lipinski definition) is 1. The minimum absolute atomic E-state index is 0.0287. The molecule has 2 aromatic carbocycles. The largest absolute Gasteiger partial charge is 0.543 e. The van der Waals surface area contributed by atoms with Crippen LogP contribution in [0.2, 0.25) is 16.6 Å². The summed E-state index contributed by atoms with van der Waals surface area (Å²) in [5, 5.41) is 12.3. The molecule has 0 aliphatic heterocycles. The third-order valence-corrected chi connectivity index (χ3v) is 16.2. The summed E-state index contributed by atoms with van der Waals surface area (Å²) in [6, 6.07) is 17.0. The summed E-state index contributed by atoms with van der Waals surface area (Å²) >= 11 is 0. The van der Waals surface area contributed by atoms with Crippen LogP contribution in [-0.4, -0.2) is 13.4 Å². The van der Waals surface area contributed by atoms with Gasteiger partial charge in [-0.2, -0.15) is 0 Å². The maximum atomic E-state index is 12.3. The lowest BCUT2D eigenvalue weighted by molar-refractivity contribution is -0.0414. The van der Waals surface area contributed by atoms with E-state index in [4.69, 9.17) is 4.43 Å². The van der Waals surface area contributed by atoms with E-state index in [1.54, 1.807) is 0 Å². The third kappa shape index (κ3) is 4.87. The second-order valence-corrected chi connectivity index (χ2v) is 19.2. The van der Waals surface area contributed by atoms with Crippen molar-refractivity contribution < 1.29 is 9.53 Å². The van der Waals surface area contributed by atoms with Crippen molar-refractivity contribution in [3.05, 3.63) is 71.3 Å². The van der Waals surface area contributed by atoms with Crippen LogP contribution in [0.1, 0.15) is 105 Å². The Morgan fingerprint density at radius 3 is 2.08 bits per heavy atom. The molecule has 1 saturated carbocycles. The topological polar surface area (TPSA) is 29.5 Å². The molecule has 4 rings (SSSR count). The number of fused-ring (bicyclic) bond motifs is 3. The van der Waals surface area contributed by atoms with Crippen molar-refractivity contribution >= 4 is 14.4 Å². The Morgan fingerprint density at radius 1 is 0.865 bits per heavy atom. The fourth-order valence-electron chi connectivity index (χ4n) is 8.32. The summed E-state index contributed by atoms with van der Waals surface area (Å²) in [4.78, 5) is 0. The van der Waals surface area contributed by atoms with E-state index in [1.807, 2.05) is 6.07 Å². The van der Waals surface area contributed by atoms with Gasteiger partial charge < -0.3 is 9.53 Å². The molecule has 0 heterocycles. The third-order valence-electron chi connectivity index (χ3n) is 10.2. The summed E-state index contributed by atoms with van der Waals surface area (Å²) in [5.74, 6) is 1.39. The number of rotatable bonds is 7. The lowest BCUT2D eigenvalue weighted by Gasteiger charge is -2.57. The molecule has 3 heteroatoms. The standard InChI is InChI=1S/C34H50O2Si/c1-24(2)37(25(3)4,26(5)6)36-28-16-17-29-30(22-28)33(9)20-13-19-32(7,8)31(33)23-34(29,35)21-18-27-14-11-10-12-15-27/h10-12,14-18,21-22,24-26,31,35H,13,19-20,23H2,1-9H3/b21-18+/t31-,33+,34-/m1/s1. The molecule has 202 valence electrons. The van der Waals surface area contributed by atoms with Crippen LogP contribution in [0.3, 0.4) is 0 Å². The van der Waals surface area contributed by atoms with Crippen molar-refractivity contribution in [1.29, 1.82) is 0 Å². The SMILES string of the molecule is CC(C)[Si](Oc1ccc2c(c1)[C@]1(C)CCCC(C)(C)[C@H]1C[C@]2(O)/C=C/c1ccccc1)(C(C)C)C(C)C. The van der Waals surface area contributed by atoms with Gasteiger partial charge in [-0.3, -0.25) is 0 Å². The van der Waals surface area contributed by atoms with E-state index >= 15 is 0 Å². The summed E-state index contributed by atoms with van der Waals surface area (Å²) in [7, 11) is -2.08. The fraction of sp³-hybridized carbons (Fsp3) is 0.588. The molecule has 2 nitrogen and oxygen atoms in total. The highest BCUT2D eigenvalue weighted by Gasteiger charge is 2.55. The first-order valence-corrected chi connectivity index (χ1v) is 16.7. The Bertz CT molecular complexity index is 1090. The highest BCUT2D eigenvalue weighted by molar-refractivity contribution is 6.78. The van der Waals surface area contributed by atoms with Gasteiger partial charge in [-0.15, -0.1) is 0 Å². The quantitative estimate of drug-likeness (QED) is 0.370. The van der Waals surface area contributed by atoms with Crippen LogP contribution in [0.4, 0.5) is 0 Å². The molecule has 0 bridgehead atoms. The summed E-state index contributed by atoms with van der Waals surface area (Å²) in [6.07, 6.45) is 8.52. The molecule has 1 N–H and O–H groups in total. The molecule has 3 atom stereocenters. The van der Waals surface area contributed by atoms with Gasteiger partial charge in [0.05, 0.1) is 0 Å². The van der Waals surface area contributed by atoms with Gasteiger partial charge >= 0.3 is 0 Å². The van der Waals surface area contributed by atoms with Crippen LogP contribution in [0.5, 0.6) is 5.75 Å². The number of hydrogen-bond acceptors (Lipinski definition) is 2. The Kier molecular flexibility index (Phi) is 7.64. The Labute approximate surface area is 227 Å². The van der Waals surface area contributed by atoms with Crippen LogP contribution in [0.25, 0.3) is 6.08 Å². The molecule has 2 aliphatic rings. The van der Waals surface area contributed by atoms with Gasteiger partial charge in [-0.1, -0.05) is 111 Å². The molecule has 0 amide bonds. The molecule has 1 fully saturated rings. The molecular formula is C34H50O2Si. The zero-order valence-electron chi connectivity index (χ0n) is 24.8. The van der Waals surface area contributed by atoms with Gasteiger partial charge in [0, 0.05) is 0 Å². The molecule has 2 aromatic rings. The lowest BCUT2D eigenvalue weighted by Crippen LogP contribution is -2.53. The van der Waals surface area contributed by atoms with E-state index in [9.17, 15) is 5.11 Å². The average Bonchev–Trinajstić information content (AvgIpc) is 2.83. The maximum Gasteiger partial charge on any atom is 0.258 e. The second-order valence-electron chi connectivity index (χ2n) is 13.8. The zero-order chi connectivity index (χ0) is 27.2. The van der Waals surface area contributed by atoms with Crippen molar-refractivity contribution in [2.24, 2.45) is 11.3 Å². The lowest BCUT2D eigenvalue weighted by atomic mass is 9.48. The predicted octanol–water partition coefficient (Wildman–Crippen LogP) is 9.63. The number of benzene rings is 2. The Hall–Kier alpha value is -1.84. The van der Waals surface area contributed by atoms with Crippen molar-refractivity contribution in [3.63, 3.8) is 0 Å². The molecule has 2 aliphatic carbocycles. The number of aliphatic hydroxyl groups is 1. The smallest absolute Gasteiger partial charge is 0.258 e. The van der Waals surface area contributed by atoms with E-state index in [1.165, 1.54) is 18.4 Å². The van der Waals surface area contributed by atoms with Gasteiger partial charge in [0.2, 0.25) is 0 Å². The van der Waals surface area contributed by atoms with Gasteiger partial charge in [0.15, 0.2) is 0 Å². The monoisotopic (exact) mass is 518 g/mol. The second kappa shape index (κ2) is 10.0. The molecule has 0 radical (unpaired) electrons. The summed E-state index contributed by atoms with van der Waals surface area (Å²) in [6.45, 7) is 21.4. The Balaban J connectivity index is 1.86. The van der Waals surface area contributed by atoms with E-state index in [0.29, 0.717) is 22.5 Å². The van der Waals surface area contributed by atoms with Crippen LogP contribution in [0.15, 0.2) is 54.6 Å². The van der Waals surface area contributed by atoms with Crippen LogP contribution < -0.4 is 4.43 Å². The van der Waals surface area contributed by atoms with Gasteiger partial charge in [-0.25, -0.2) is 0 Å². The first-order valence-electron chi connectivity index (χ1n) is 14.6. The first kappa shape index (κ1) is 28.2. The zero-order valence-corrected chi connectivity index (χ0v) is 25.8. The highest BCUT2D eigenvalue weighted by Crippen LogP contribution is 2.61. The van der Waals surface area contributed by atoms with Crippen molar-refractivity contribution in [1.82, 2.24) is 0 Å². The summed E-state index contributed by atoms with van der Waals surface area (Å²) < 4.78 is 7.17. The van der Waals surface area contributed by atoms with E-state index < -0.39 is 13.9 Å². The summed E-state index contributed by atoms with van der Waals surface area (Å²) in [5.41, 5.74) is 4.25. The minimum Gasteiger partial charge on any atom is -0.543 e. The van der Waals surface area contributed by atoms with Crippen LogP contribution >= 0.6 is 0 Å². The molecule has 0 spiro atoms. The van der Waals surface area contributed by atoms with Crippen LogP contribution in [0, 0.1) is 11.3 Å². The first-order chi connectivity index (χ1) is 17.3. The average molecular weight is 519 g/mol. The molecule has 0 aromatic heterocycles. The van der Waals surface area contributed by atoms with Crippen molar-refractivity contribution in [2.75, 3.05) is 0 Å². The maximum absolute atomic E-state index is 12.3. The van der Waals surface area contributed by atoms with E-state index in [2.05, 4.69) is 117 Å².